The van der Waals surface area contributed by atoms with Gasteiger partial charge in [-0.1, -0.05) is 13.3 Å². The molecular weight excluding hydrogens is 204 g/mol. The minimum absolute atomic E-state index is 0.0257. The highest BCUT2D eigenvalue weighted by molar-refractivity contribution is 5.83. The highest BCUT2D eigenvalue weighted by atomic mass is 16.3. The van der Waals surface area contributed by atoms with Gasteiger partial charge in [0.05, 0.1) is 18.1 Å². The molecule has 0 aliphatic carbocycles. The van der Waals surface area contributed by atoms with Crippen molar-refractivity contribution in [3.8, 4) is 0 Å². The van der Waals surface area contributed by atoms with Gasteiger partial charge in [0.15, 0.2) is 0 Å². The molecule has 2 atom stereocenters. The van der Waals surface area contributed by atoms with E-state index in [-0.39, 0.29) is 24.0 Å². The van der Waals surface area contributed by atoms with Crippen molar-refractivity contribution in [1.29, 1.82) is 0 Å². The molecule has 94 valence electrons. The van der Waals surface area contributed by atoms with E-state index < -0.39 is 0 Å². The smallest absolute Gasteiger partial charge is 0.230 e. The quantitative estimate of drug-likeness (QED) is 0.725. The molecule has 1 rings (SSSR count). The number of likely N-dealkylation sites (N-methyl/N-ethyl adjacent to an activating group) is 1. The minimum atomic E-state index is -0.229. The average molecular weight is 228 g/mol. The molecule has 1 amide bonds. The third kappa shape index (κ3) is 2.55. The maximum atomic E-state index is 12.4. The monoisotopic (exact) mass is 228 g/mol. The fraction of sp³-hybridized carbons (Fsp3) is 0.917. The lowest BCUT2D eigenvalue weighted by atomic mass is 9.81. The summed E-state index contributed by atoms with van der Waals surface area (Å²) in [7, 11) is 1.79. The van der Waals surface area contributed by atoms with Gasteiger partial charge >= 0.3 is 0 Å². The summed E-state index contributed by atoms with van der Waals surface area (Å²) in [6.45, 7) is 5.72. The second-order valence-corrected chi connectivity index (χ2v) is 4.90. The van der Waals surface area contributed by atoms with Crippen molar-refractivity contribution in [3.63, 3.8) is 0 Å². The fourth-order valence-electron chi connectivity index (χ4n) is 2.42. The lowest BCUT2D eigenvalue weighted by molar-refractivity contribution is -0.142. The molecule has 0 bridgehead atoms. The summed E-state index contributed by atoms with van der Waals surface area (Å²) in [4.78, 5) is 14.1. The normalized spacial score (nSPS) is 26.8. The maximum Gasteiger partial charge on any atom is 0.230 e. The Balaban J connectivity index is 2.75. The number of nitrogens with zero attached hydrogens (tertiary/aromatic N) is 1. The zero-order valence-electron chi connectivity index (χ0n) is 10.6. The molecule has 16 heavy (non-hydrogen) atoms. The van der Waals surface area contributed by atoms with Gasteiger partial charge in [-0.25, -0.2) is 0 Å². The van der Waals surface area contributed by atoms with Gasteiger partial charge in [-0.05, 0) is 26.3 Å². The van der Waals surface area contributed by atoms with Crippen LogP contribution < -0.4 is 5.32 Å². The molecular formula is C12H24N2O2. The Labute approximate surface area is 98.0 Å². The van der Waals surface area contributed by atoms with Crippen molar-refractivity contribution in [2.24, 2.45) is 5.41 Å². The number of hydrogen-bond acceptors (Lipinski definition) is 3. The average Bonchev–Trinajstić information content (AvgIpc) is 2.76. The molecule has 1 saturated heterocycles. The van der Waals surface area contributed by atoms with Gasteiger partial charge in [-0.2, -0.15) is 0 Å². The van der Waals surface area contributed by atoms with E-state index in [0.29, 0.717) is 0 Å². The van der Waals surface area contributed by atoms with E-state index in [1.807, 2.05) is 6.92 Å². The van der Waals surface area contributed by atoms with Gasteiger partial charge in [-0.15, -0.1) is 0 Å². The van der Waals surface area contributed by atoms with Crippen LogP contribution in [0, 0.1) is 5.41 Å². The largest absolute Gasteiger partial charge is 0.394 e. The summed E-state index contributed by atoms with van der Waals surface area (Å²) in [5.74, 6) is 0.181. The van der Waals surface area contributed by atoms with Gasteiger partial charge in [0.2, 0.25) is 5.91 Å². The summed E-state index contributed by atoms with van der Waals surface area (Å²) >= 11 is 0. The van der Waals surface area contributed by atoms with Crippen LogP contribution in [0.2, 0.25) is 0 Å². The summed E-state index contributed by atoms with van der Waals surface area (Å²) in [6.07, 6.45) is 2.87. The van der Waals surface area contributed by atoms with Gasteiger partial charge in [0.25, 0.3) is 0 Å². The predicted octanol–water partition coefficient (Wildman–Crippen LogP) is 0.605. The molecule has 0 aromatic rings. The van der Waals surface area contributed by atoms with Crippen molar-refractivity contribution in [3.05, 3.63) is 0 Å². The zero-order valence-corrected chi connectivity index (χ0v) is 10.6. The predicted molar refractivity (Wildman–Crippen MR) is 64.1 cm³/mol. The molecule has 0 spiro atoms. The van der Waals surface area contributed by atoms with Crippen molar-refractivity contribution < 1.29 is 9.90 Å². The molecule has 0 aromatic heterocycles. The lowest BCUT2D eigenvalue weighted by Crippen LogP contribution is -2.48. The molecule has 1 heterocycles. The number of carbonyl (C=O) groups excluding carboxylic acids is 1. The van der Waals surface area contributed by atoms with Crippen molar-refractivity contribution in [2.45, 2.75) is 39.2 Å². The molecule has 1 fully saturated rings. The van der Waals surface area contributed by atoms with Crippen LogP contribution in [0.1, 0.15) is 33.1 Å². The van der Waals surface area contributed by atoms with Gasteiger partial charge in [0, 0.05) is 13.6 Å². The molecule has 4 heteroatoms. The lowest BCUT2D eigenvalue weighted by Gasteiger charge is -2.34. The number of hydrogen-bond donors (Lipinski definition) is 2. The third-order valence-corrected chi connectivity index (χ3v) is 3.67. The third-order valence-electron chi connectivity index (χ3n) is 3.67. The van der Waals surface area contributed by atoms with Gasteiger partial charge in [0.1, 0.15) is 0 Å². The second-order valence-electron chi connectivity index (χ2n) is 4.90. The van der Waals surface area contributed by atoms with E-state index in [9.17, 15) is 4.79 Å². The Hall–Kier alpha value is -0.610. The summed E-state index contributed by atoms with van der Waals surface area (Å²) in [5, 5.41) is 12.4. The first-order chi connectivity index (χ1) is 7.57. The van der Waals surface area contributed by atoms with E-state index in [2.05, 4.69) is 12.2 Å². The summed E-state index contributed by atoms with van der Waals surface area (Å²) in [6, 6.07) is -0.0955. The van der Waals surface area contributed by atoms with Crippen molar-refractivity contribution >= 4 is 5.91 Å². The minimum Gasteiger partial charge on any atom is -0.394 e. The standard InChI is InChI=1S/C12H24N2O2/c1-4-5-12(6-7-13-9-12)11(16)14(3)10(2)8-15/h10,13,15H,4-9H2,1-3H3. The molecule has 1 aliphatic heterocycles. The SMILES string of the molecule is CCCC1(C(=O)N(C)C(C)CO)CCNC1. The highest BCUT2D eigenvalue weighted by Crippen LogP contribution is 2.33. The van der Waals surface area contributed by atoms with Crippen LogP contribution in [0.5, 0.6) is 0 Å². The molecule has 0 aromatic carbocycles. The first-order valence-corrected chi connectivity index (χ1v) is 6.16. The summed E-state index contributed by atoms with van der Waals surface area (Å²) < 4.78 is 0. The van der Waals surface area contributed by atoms with Crippen LogP contribution in [-0.4, -0.2) is 48.7 Å². The van der Waals surface area contributed by atoms with Crippen molar-refractivity contribution in [2.75, 3.05) is 26.7 Å². The number of carbonyl (C=O) groups is 1. The second kappa shape index (κ2) is 5.64. The number of aliphatic hydroxyl groups excluding tert-OH is 1. The molecule has 0 saturated carbocycles. The molecule has 4 nitrogen and oxygen atoms in total. The molecule has 2 unspecified atom stereocenters. The molecule has 0 radical (unpaired) electrons. The number of aliphatic hydroxyl groups is 1. The topological polar surface area (TPSA) is 52.6 Å². The van der Waals surface area contributed by atoms with E-state index >= 15 is 0 Å². The summed E-state index contributed by atoms with van der Waals surface area (Å²) in [5.41, 5.74) is -0.229. The molecule has 1 aliphatic rings. The van der Waals surface area contributed by atoms with Crippen LogP contribution in [-0.2, 0) is 4.79 Å². The first-order valence-electron chi connectivity index (χ1n) is 6.16. The van der Waals surface area contributed by atoms with Crippen LogP contribution >= 0.6 is 0 Å². The Kier molecular flexibility index (Phi) is 4.74. The number of rotatable bonds is 5. The number of nitrogens with one attached hydrogen (secondary N) is 1. The van der Waals surface area contributed by atoms with Gasteiger partial charge < -0.3 is 15.3 Å². The van der Waals surface area contributed by atoms with Crippen LogP contribution in [0.4, 0.5) is 0 Å². The Morgan fingerprint density at radius 3 is 2.75 bits per heavy atom. The van der Waals surface area contributed by atoms with E-state index in [1.165, 1.54) is 0 Å². The highest BCUT2D eigenvalue weighted by Gasteiger charge is 2.42. The van der Waals surface area contributed by atoms with Crippen LogP contribution in [0.25, 0.3) is 0 Å². The van der Waals surface area contributed by atoms with E-state index in [4.69, 9.17) is 5.11 Å². The Bertz CT molecular complexity index is 237. The van der Waals surface area contributed by atoms with E-state index in [0.717, 1.165) is 32.4 Å². The van der Waals surface area contributed by atoms with Crippen LogP contribution in [0.15, 0.2) is 0 Å². The Morgan fingerprint density at radius 2 is 2.31 bits per heavy atom. The zero-order chi connectivity index (χ0) is 12.2. The Morgan fingerprint density at radius 1 is 1.62 bits per heavy atom. The van der Waals surface area contributed by atoms with Gasteiger partial charge in [-0.3, -0.25) is 4.79 Å². The van der Waals surface area contributed by atoms with E-state index in [1.54, 1.807) is 11.9 Å². The van der Waals surface area contributed by atoms with Crippen molar-refractivity contribution in [1.82, 2.24) is 10.2 Å². The molecule has 2 N–H and O–H groups in total. The fourth-order valence-corrected chi connectivity index (χ4v) is 2.42. The maximum absolute atomic E-state index is 12.4. The first kappa shape index (κ1) is 13.5. The number of amides is 1. The van der Waals surface area contributed by atoms with Crippen LogP contribution in [0.3, 0.4) is 0 Å².